The number of hydrogen-bond acceptors (Lipinski definition) is 3. The zero-order valence-corrected chi connectivity index (χ0v) is 15.3. The van der Waals surface area contributed by atoms with E-state index >= 15 is 0 Å². The molecule has 3 rings (SSSR count). The number of benzene rings is 1. The van der Waals surface area contributed by atoms with Crippen LogP contribution in [0.5, 0.6) is 5.75 Å². The van der Waals surface area contributed by atoms with Gasteiger partial charge < -0.3 is 9.84 Å². The molecule has 1 saturated carbocycles. The topological polar surface area (TPSA) is 49.8 Å². The third-order valence-electron chi connectivity index (χ3n) is 5.75. The SMILES string of the molecule is O=C(O)C1CC2CCCCC2N1CCCCOc1cccc(C(F)(F)F)c1. The number of rotatable bonds is 7. The van der Waals surface area contributed by atoms with Crippen LogP contribution in [0.1, 0.15) is 50.5 Å². The summed E-state index contributed by atoms with van der Waals surface area (Å²) in [6, 6.07) is 4.85. The highest BCUT2D eigenvalue weighted by Crippen LogP contribution is 2.39. The second-order valence-corrected chi connectivity index (χ2v) is 7.52. The van der Waals surface area contributed by atoms with Gasteiger partial charge in [0.05, 0.1) is 12.2 Å². The maximum atomic E-state index is 12.7. The Morgan fingerprint density at radius 3 is 2.74 bits per heavy atom. The number of carboxylic acids is 1. The number of fused-ring (bicyclic) bond motifs is 1. The van der Waals surface area contributed by atoms with Gasteiger partial charge in [-0.3, -0.25) is 9.69 Å². The number of halogens is 3. The number of unbranched alkanes of at least 4 members (excludes halogenated alkanes) is 1. The maximum absolute atomic E-state index is 12.7. The molecule has 2 aliphatic rings. The fourth-order valence-corrected chi connectivity index (χ4v) is 4.47. The smallest absolute Gasteiger partial charge is 0.416 e. The first-order valence-electron chi connectivity index (χ1n) is 9.65. The number of carboxylic acid groups (broad SMARTS) is 1. The summed E-state index contributed by atoms with van der Waals surface area (Å²) in [5, 5.41) is 9.52. The second-order valence-electron chi connectivity index (χ2n) is 7.52. The van der Waals surface area contributed by atoms with Gasteiger partial charge in [0.15, 0.2) is 0 Å². The average molecular weight is 385 g/mol. The molecular formula is C20H26F3NO3. The number of alkyl halides is 3. The van der Waals surface area contributed by atoms with E-state index in [1.54, 1.807) is 0 Å². The van der Waals surface area contributed by atoms with Gasteiger partial charge in [-0.1, -0.05) is 18.9 Å². The number of nitrogens with zero attached hydrogens (tertiary/aromatic N) is 1. The predicted octanol–water partition coefficient (Wildman–Crippen LogP) is 4.58. The number of carbonyl (C=O) groups is 1. The largest absolute Gasteiger partial charge is 0.494 e. The highest BCUT2D eigenvalue weighted by Gasteiger charge is 2.44. The normalized spacial score (nSPS) is 26.0. The van der Waals surface area contributed by atoms with E-state index in [0.717, 1.165) is 44.2 Å². The monoisotopic (exact) mass is 385 g/mol. The molecule has 3 unspecified atom stereocenters. The number of likely N-dealkylation sites (tertiary alicyclic amines) is 1. The van der Waals surface area contributed by atoms with Crippen LogP contribution in [-0.2, 0) is 11.0 Å². The minimum absolute atomic E-state index is 0.210. The van der Waals surface area contributed by atoms with Crippen LogP contribution in [0.2, 0.25) is 0 Å². The summed E-state index contributed by atoms with van der Waals surface area (Å²) < 4.78 is 43.6. The van der Waals surface area contributed by atoms with Gasteiger partial charge in [-0.05, 0) is 62.8 Å². The van der Waals surface area contributed by atoms with E-state index in [1.807, 2.05) is 0 Å². The molecule has 0 aromatic heterocycles. The lowest BCUT2D eigenvalue weighted by Crippen LogP contribution is -2.42. The number of ether oxygens (including phenoxy) is 1. The maximum Gasteiger partial charge on any atom is 0.416 e. The lowest BCUT2D eigenvalue weighted by Gasteiger charge is -2.32. The highest BCUT2D eigenvalue weighted by molar-refractivity contribution is 5.74. The van der Waals surface area contributed by atoms with Crippen molar-refractivity contribution < 1.29 is 27.8 Å². The van der Waals surface area contributed by atoms with Gasteiger partial charge in [0.25, 0.3) is 0 Å². The van der Waals surface area contributed by atoms with E-state index in [0.29, 0.717) is 31.5 Å². The molecule has 1 aromatic carbocycles. The lowest BCUT2D eigenvalue weighted by atomic mass is 9.85. The van der Waals surface area contributed by atoms with Gasteiger partial charge in [0, 0.05) is 6.04 Å². The third kappa shape index (κ3) is 4.94. The summed E-state index contributed by atoms with van der Waals surface area (Å²) >= 11 is 0. The van der Waals surface area contributed by atoms with Crippen LogP contribution in [0.4, 0.5) is 13.2 Å². The van der Waals surface area contributed by atoms with E-state index in [-0.39, 0.29) is 5.75 Å². The quantitative estimate of drug-likeness (QED) is 0.698. The van der Waals surface area contributed by atoms with Crippen molar-refractivity contribution in [1.29, 1.82) is 0 Å². The van der Waals surface area contributed by atoms with Gasteiger partial charge in [0.2, 0.25) is 0 Å². The molecule has 1 aliphatic heterocycles. The molecule has 3 atom stereocenters. The Morgan fingerprint density at radius 2 is 2.00 bits per heavy atom. The Hall–Kier alpha value is -1.76. The Labute approximate surface area is 157 Å². The zero-order chi connectivity index (χ0) is 19.4. The van der Waals surface area contributed by atoms with Crippen molar-refractivity contribution in [3.8, 4) is 5.75 Å². The Morgan fingerprint density at radius 1 is 1.22 bits per heavy atom. The first kappa shape index (κ1) is 20.0. The summed E-state index contributed by atoms with van der Waals surface area (Å²) in [5.74, 6) is -0.0485. The standard InChI is InChI=1S/C20H26F3NO3/c21-20(22,23)15-7-5-8-16(13-15)27-11-4-3-10-24-17-9-2-1-6-14(17)12-18(24)19(25)26/h5,7-8,13-14,17-18H,1-4,6,9-12H2,(H,25,26). The minimum Gasteiger partial charge on any atom is -0.494 e. The second kappa shape index (κ2) is 8.50. The van der Waals surface area contributed by atoms with Crippen LogP contribution in [-0.4, -0.2) is 41.2 Å². The molecule has 1 saturated heterocycles. The van der Waals surface area contributed by atoms with E-state index < -0.39 is 23.8 Å². The Balaban J connectivity index is 1.46. The molecule has 0 spiro atoms. The molecule has 0 bridgehead atoms. The van der Waals surface area contributed by atoms with Gasteiger partial charge in [0.1, 0.15) is 11.8 Å². The van der Waals surface area contributed by atoms with Crippen molar-refractivity contribution in [2.24, 2.45) is 5.92 Å². The fraction of sp³-hybridized carbons (Fsp3) is 0.650. The molecule has 2 fully saturated rings. The van der Waals surface area contributed by atoms with Crippen molar-refractivity contribution in [3.05, 3.63) is 29.8 Å². The Bertz CT molecular complexity index is 650. The van der Waals surface area contributed by atoms with Crippen LogP contribution in [0.15, 0.2) is 24.3 Å². The first-order valence-corrected chi connectivity index (χ1v) is 9.65. The summed E-state index contributed by atoms with van der Waals surface area (Å²) in [6.07, 6.45) is 2.33. The van der Waals surface area contributed by atoms with Gasteiger partial charge >= 0.3 is 12.1 Å². The first-order chi connectivity index (χ1) is 12.9. The van der Waals surface area contributed by atoms with Gasteiger partial charge in [-0.15, -0.1) is 0 Å². The number of hydrogen-bond donors (Lipinski definition) is 1. The Kier molecular flexibility index (Phi) is 6.29. The molecule has 1 aliphatic carbocycles. The highest BCUT2D eigenvalue weighted by atomic mass is 19.4. The van der Waals surface area contributed by atoms with Crippen LogP contribution >= 0.6 is 0 Å². The van der Waals surface area contributed by atoms with Crippen LogP contribution < -0.4 is 4.74 Å². The van der Waals surface area contributed by atoms with Crippen molar-refractivity contribution in [2.45, 2.75) is 63.2 Å². The molecule has 1 heterocycles. The van der Waals surface area contributed by atoms with Crippen molar-refractivity contribution in [1.82, 2.24) is 4.90 Å². The van der Waals surface area contributed by atoms with Crippen LogP contribution in [0.3, 0.4) is 0 Å². The minimum atomic E-state index is -4.38. The molecule has 150 valence electrons. The summed E-state index contributed by atoms with van der Waals surface area (Å²) in [5.41, 5.74) is -0.718. The summed E-state index contributed by atoms with van der Waals surface area (Å²) in [6.45, 7) is 1.02. The van der Waals surface area contributed by atoms with E-state index in [4.69, 9.17) is 4.74 Å². The summed E-state index contributed by atoms with van der Waals surface area (Å²) in [4.78, 5) is 13.7. The molecule has 0 amide bonds. The average Bonchev–Trinajstić information content (AvgIpc) is 3.00. The molecular weight excluding hydrogens is 359 g/mol. The van der Waals surface area contributed by atoms with E-state index in [1.165, 1.54) is 18.6 Å². The molecule has 1 N–H and O–H groups in total. The van der Waals surface area contributed by atoms with E-state index in [9.17, 15) is 23.1 Å². The zero-order valence-electron chi connectivity index (χ0n) is 15.3. The molecule has 4 nitrogen and oxygen atoms in total. The summed E-state index contributed by atoms with van der Waals surface area (Å²) in [7, 11) is 0. The van der Waals surface area contributed by atoms with Crippen molar-refractivity contribution in [3.63, 3.8) is 0 Å². The molecule has 27 heavy (non-hydrogen) atoms. The molecule has 0 radical (unpaired) electrons. The van der Waals surface area contributed by atoms with Crippen molar-refractivity contribution >= 4 is 5.97 Å². The fourth-order valence-electron chi connectivity index (χ4n) is 4.47. The molecule has 1 aromatic rings. The third-order valence-corrected chi connectivity index (χ3v) is 5.75. The lowest BCUT2D eigenvalue weighted by molar-refractivity contribution is -0.142. The number of aliphatic carboxylic acids is 1. The van der Waals surface area contributed by atoms with Crippen molar-refractivity contribution in [2.75, 3.05) is 13.2 Å². The van der Waals surface area contributed by atoms with Gasteiger partial charge in [-0.2, -0.15) is 13.2 Å². The molecule has 7 heteroatoms. The predicted molar refractivity (Wildman–Crippen MR) is 94.7 cm³/mol. The van der Waals surface area contributed by atoms with Crippen LogP contribution in [0.25, 0.3) is 0 Å². The van der Waals surface area contributed by atoms with Crippen LogP contribution in [0, 0.1) is 5.92 Å². The van der Waals surface area contributed by atoms with E-state index in [2.05, 4.69) is 4.90 Å². The van der Waals surface area contributed by atoms with Gasteiger partial charge in [-0.25, -0.2) is 0 Å².